The van der Waals surface area contributed by atoms with Crippen LogP contribution in [-0.2, 0) is 4.79 Å². The molecule has 1 amide bonds. The number of benzene rings is 1. The zero-order valence-electron chi connectivity index (χ0n) is 13.0. The zero-order valence-corrected chi connectivity index (χ0v) is 13.9. The molecule has 0 saturated carbocycles. The highest BCUT2D eigenvalue weighted by molar-refractivity contribution is 7.17. The summed E-state index contributed by atoms with van der Waals surface area (Å²) >= 11 is 1.34. The fourth-order valence-electron chi connectivity index (χ4n) is 2.14. The van der Waals surface area contributed by atoms with E-state index < -0.39 is 12.0 Å². The molecule has 1 atom stereocenters. The summed E-state index contributed by atoms with van der Waals surface area (Å²) in [5.74, 6) is -0.732. The van der Waals surface area contributed by atoms with E-state index in [1.165, 1.54) is 11.3 Å². The third-order valence-electron chi connectivity index (χ3n) is 3.12. The summed E-state index contributed by atoms with van der Waals surface area (Å²) in [6.45, 7) is 3.97. The number of carbonyl (C=O) groups is 2. The van der Waals surface area contributed by atoms with Crippen LogP contribution in [-0.4, -0.2) is 29.6 Å². The van der Waals surface area contributed by atoms with Gasteiger partial charge in [-0.25, -0.2) is 0 Å². The van der Waals surface area contributed by atoms with Crippen molar-refractivity contribution in [1.82, 2.24) is 5.32 Å². The second-order valence-corrected chi connectivity index (χ2v) is 6.13. The van der Waals surface area contributed by atoms with Gasteiger partial charge in [0.15, 0.2) is 0 Å². The standard InChI is InChI=1S/C17H19NO4S/c1-3-22-13-10-14(12-7-5-4-6-8-12)23-16(13)17(21)18-11(2)9-15(19)20/h4-8,10-11H,3,9H2,1-2H3,(H,18,21)(H,19,20). The number of hydrogen-bond donors (Lipinski definition) is 2. The fourth-order valence-corrected chi connectivity index (χ4v) is 3.15. The molecule has 2 aromatic rings. The van der Waals surface area contributed by atoms with Crippen LogP contribution in [0.15, 0.2) is 36.4 Å². The van der Waals surface area contributed by atoms with Crippen LogP contribution in [0.2, 0.25) is 0 Å². The Bertz CT molecular complexity index is 681. The number of ether oxygens (including phenoxy) is 1. The predicted molar refractivity (Wildman–Crippen MR) is 90.1 cm³/mol. The molecule has 0 bridgehead atoms. The lowest BCUT2D eigenvalue weighted by atomic mass is 10.2. The van der Waals surface area contributed by atoms with Gasteiger partial charge >= 0.3 is 5.97 Å². The Labute approximate surface area is 138 Å². The molecule has 6 heteroatoms. The Morgan fingerprint density at radius 2 is 2.00 bits per heavy atom. The molecule has 0 aliphatic rings. The molecule has 2 N–H and O–H groups in total. The molecule has 0 radical (unpaired) electrons. The van der Waals surface area contributed by atoms with Gasteiger partial charge in [0, 0.05) is 10.9 Å². The highest BCUT2D eigenvalue weighted by Gasteiger charge is 2.20. The molecule has 122 valence electrons. The van der Waals surface area contributed by atoms with E-state index in [4.69, 9.17) is 9.84 Å². The lowest BCUT2D eigenvalue weighted by Gasteiger charge is -2.11. The molecule has 2 rings (SSSR count). The summed E-state index contributed by atoms with van der Waals surface area (Å²) in [5.41, 5.74) is 1.01. The minimum Gasteiger partial charge on any atom is -0.492 e. The van der Waals surface area contributed by atoms with E-state index in [2.05, 4.69) is 5.32 Å². The van der Waals surface area contributed by atoms with Gasteiger partial charge in [-0.05, 0) is 25.5 Å². The normalized spacial score (nSPS) is 11.7. The van der Waals surface area contributed by atoms with Crippen molar-refractivity contribution in [2.45, 2.75) is 26.3 Å². The molecular weight excluding hydrogens is 314 g/mol. The lowest BCUT2D eigenvalue weighted by Crippen LogP contribution is -2.33. The van der Waals surface area contributed by atoms with E-state index in [0.717, 1.165) is 10.4 Å². The number of carboxylic acids is 1. The van der Waals surface area contributed by atoms with Gasteiger partial charge in [-0.1, -0.05) is 30.3 Å². The second-order valence-electron chi connectivity index (χ2n) is 5.08. The summed E-state index contributed by atoms with van der Waals surface area (Å²) in [5, 5.41) is 11.5. The van der Waals surface area contributed by atoms with Crippen molar-refractivity contribution in [3.8, 4) is 16.2 Å². The van der Waals surface area contributed by atoms with Crippen molar-refractivity contribution in [2.75, 3.05) is 6.61 Å². The lowest BCUT2D eigenvalue weighted by molar-refractivity contribution is -0.137. The third kappa shape index (κ3) is 4.56. The number of amides is 1. The van der Waals surface area contributed by atoms with E-state index in [-0.39, 0.29) is 12.3 Å². The molecule has 0 aliphatic carbocycles. The summed E-state index contributed by atoms with van der Waals surface area (Å²) < 4.78 is 5.56. The van der Waals surface area contributed by atoms with Crippen LogP contribution in [0.3, 0.4) is 0 Å². The van der Waals surface area contributed by atoms with Gasteiger partial charge in [0.2, 0.25) is 0 Å². The zero-order chi connectivity index (χ0) is 16.8. The first-order chi connectivity index (χ1) is 11.0. The molecular formula is C17H19NO4S. The highest BCUT2D eigenvalue weighted by Crippen LogP contribution is 2.36. The number of carboxylic acid groups (broad SMARTS) is 1. The molecule has 0 aliphatic heterocycles. The summed E-state index contributed by atoms with van der Waals surface area (Å²) in [6, 6.07) is 11.1. The van der Waals surface area contributed by atoms with Crippen LogP contribution in [0.5, 0.6) is 5.75 Å². The van der Waals surface area contributed by atoms with Gasteiger partial charge in [-0.2, -0.15) is 0 Å². The average Bonchev–Trinajstić information content (AvgIpc) is 2.92. The molecule has 1 unspecified atom stereocenters. The number of carbonyl (C=O) groups excluding carboxylic acids is 1. The topological polar surface area (TPSA) is 75.6 Å². The Morgan fingerprint density at radius 1 is 1.30 bits per heavy atom. The van der Waals surface area contributed by atoms with Gasteiger partial charge in [0.05, 0.1) is 13.0 Å². The first-order valence-electron chi connectivity index (χ1n) is 7.36. The SMILES string of the molecule is CCOc1cc(-c2ccccc2)sc1C(=O)NC(C)CC(=O)O. The number of hydrogen-bond acceptors (Lipinski definition) is 4. The van der Waals surface area contributed by atoms with Crippen LogP contribution < -0.4 is 10.1 Å². The number of rotatable bonds is 7. The first-order valence-corrected chi connectivity index (χ1v) is 8.17. The Balaban J connectivity index is 2.24. The largest absolute Gasteiger partial charge is 0.492 e. The third-order valence-corrected chi connectivity index (χ3v) is 4.28. The van der Waals surface area contributed by atoms with E-state index >= 15 is 0 Å². The quantitative estimate of drug-likeness (QED) is 0.814. The van der Waals surface area contributed by atoms with Gasteiger partial charge < -0.3 is 15.2 Å². The molecule has 1 aromatic carbocycles. The maximum atomic E-state index is 12.4. The molecule has 0 fully saturated rings. The van der Waals surface area contributed by atoms with Gasteiger partial charge in [-0.3, -0.25) is 9.59 Å². The van der Waals surface area contributed by atoms with Crippen molar-refractivity contribution in [3.63, 3.8) is 0 Å². The molecule has 23 heavy (non-hydrogen) atoms. The average molecular weight is 333 g/mol. The predicted octanol–water partition coefficient (Wildman–Crippen LogP) is 3.41. The van der Waals surface area contributed by atoms with Crippen LogP contribution >= 0.6 is 11.3 Å². The minimum absolute atomic E-state index is 0.118. The minimum atomic E-state index is -0.945. The van der Waals surface area contributed by atoms with Crippen LogP contribution in [0.25, 0.3) is 10.4 Å². The molecule has 1 aromatic heterocycles. The van der Waals surface area contributed by atoms with Crippen molar-refractivity contribution >= 4 is 23.2 Å². The highest BCUT2D eigenvalue weighted by atomic mass is 32.1. The second kappa shape index (κ2) is 7.78. The first kappa shape index (κ1) is 17.0. The summed E-state index contributed by atoms with van der Waals surface area (Å²) in [6.07, 6.45) is -0.118. The number of nitrogens with one attached hydrogen (secondary N) is 1. The summed E-state index contributed by atoms with van der Waals surface area (Å²) in [7, 11) is 0. The molecule has 5 nitrogen and oxygen atoms in total. The summed E-state index contributed by atoms with van der Waals surface area (Å²) in [4.78, 5) is 24.5. The van der Waals surface area contributed by atoms with Crippen molar-refractivity contribution in [2.24, 2.45) is 0 Å². The maximum absolute atomic E-state index is 12.4. The van der Waals surface area contributed by atoms with Gasteiger partial charge in [0.25, 0.3) is 5.91 Å². The van der Waals surface area contributed by atoms with Crippen LogP contribution in [0.1, 0.15) is 29.9 Å². The van der Waals surface area contributed by atoms with E-state index in [9.17, 15) is 9.59 Å². The van der Waals surface area contributed by atoms with E-state index in [0.29, 0.717) is 17.2 Å². The molecule has 0 saturated heterocycles. The van der Waals surface area contributed by atoms with E-state index in [1.807, 2.05) is 43.3 Å². The number of aliphatic carboxylic acids is 1. The Hall–Kier alpha value is -2.34. The van der Waals surface area contributed by atoms with Gasteiger partial charge in [-0.15, -0.1) is 11.3 Å². The van der Waals surface area contributed by atoms with Crippen LogP contribution in [0, 0.1) is 0 Å². The van der Waals surface area contributed by atoms with Crippen molar-refractivity contribution < 1.29 is 19.4 Å². The smallest absolute Gasteiger partial charge is 0.305 e. The Morgan fingerprint density at radius 3 is 2.61 bits per heavy atom. The molecule has 1 heterocycles. The molecule has 0 spiro atoms. The number of thiophene rings is 1. The van der Waals surface area contributed by atoms with Crippen molar-refractivity contribution in [3.05, 3.63) is 41.3 Å². The van der Waals surface area contributed by atoms with E-state index in [1.54, 1.807) is 6.92 Å². The van der Waals surface area contributed by atoms with Gasteiger partial charge in [0.1, 0.15) is 10.6 Å². The van der Waals surface area contributed by atoms with Crippen molar-refractivity contribution in [1.29, 1.82) is 0 Å². The van der Waals surface area contributed by atoms with Crippen LogP contribution in [0.4, 0.5) is 0 Å². The fraction of sp³-hybridized carbons (Fsp3) is 0.294. The Kier molecular flexibility index (Phi) is 5.76. The maximum Gasteiger partial charge on any atom is 0.305 e. The monoisotopic (exact) mass is 333 g/mol.